The van der Waals surface area contributed by atoms with Gasteiger partial charge in [0.2, 0.25) is 5.13 Å². The van der Waals surface area contributed by atoms with Gasteiger partial charge in [-0.3, -0.25) is 4.98 Å². The molecule has 31 heavy (non-hydrogen) atoms. The maximum Gasteiger partial charge on any atom is 0.266 e. The van der Waals surface area contributed by atoms with Gasteiger partial charge < -0.3 is 0 Å². The number of sulfonamides is 1. The van der Waals surface area contributed by atoms with Crippen molar-refractivity contribution < 1.29 is 8.42 Å². The summed E-state index contributed by atoms with van der Waals surface area (Å²) in [6.07, 6.45) is 1.71. The molecule has 0 saturated carbocycles. The molecule has 0 radical (unpaired) electrons. The monoisotopic (exact) mass is 464 g/mol. The molecule has 0 spiro atoms. The van der Waals surface area contributed by atoms with Gasteiger partial charge in [-0.1, -0.05) is 47.7 Å². The van der Waals surface area contributed by atoms with Crippen LogP contribution in [-0.4, -0.2) is 23.4 Å². The van der Waals surface area contributed by atoms with Crippen molar-refractivity contribution in [3.05, 3.63) is 90.1 Å². The van der Waals surface area contributed by atoms with Gasteiger partial charge in [-0.05, 0) is 36.4 Å². The fourth-order valence-electron chi connectivity index (χ4n) is 3.08. The van der Waals surface area contributed by atoms with Gasteiger partial charge >= 0.3 is 0 Å². The van der Waals surface area contributed by atoms with Gasteiger partial charge in [-0.15, -0.1) is 11.3 Å². The maximum atomic E-state index is 13.5. The molecule has 154 valence electrons. The van der Waals surface area contributed by atoms with Gasteiger partial charge in [-0.2, -0.15) is 0 Å². The molecule has 0 aliphatic carbocycles. The summed E-state index contributed by atoms with van der Waals surface area (Å²) in [4.78, 5) is 13.8. The molecule has 9 heteroatoms. The summed E-state index contributed by atoms with van der Waals surface area (Å²) in [6.45, 7) is 0.0837. The van der Waals surface area contributed by atoms with Crippen molar-refractivity contribution in [2.45, 2.75) is 11.4 Å². The molecule has 5 aromatic rings. The Labute approximate surface area is 187 Å². The molecule has 3 aromatic heterocycles. The third-order valence-corrected chi connectivity index (χ3v) is 8.41. The predicted octanol–water partition coefficient (Wildman–Crippen LogP) is 5.21. The second-order valence-electron chi connectivity index (χ2n) is 6.65. The first kappa shape index (κ1) is 19.8. The van der Waals surface area contributed by atoms with Gasteiger partial charge in [-0.25, -0.2) is 22.7 Å². The van der Waals surface area contributed by atoms with Gasteiger partial charge in [0, 0.05) is 11.6 Å². The van der Waals surface area contributed by atoms with Crippen molar-refractivity contribution in [1.82, 2.24) is 15.0 Å². The molecule has 0 N–H and O–H groups in total. The summed E-state index contributed by atoms with van der Waals surface area (Å²) in [5.74, 6) is 0. The SMILES string of the molecule is O=S(=O)(c1ccccc1)N(Cc1csc(-c2ccccn2)n1)c1nc2ccccc2s1. The molecule has 3 heterocycles. The number of anilines is 1. The quantitative estimate of drug-likeness (QED) is 0.345. The molecule has 6 nitrogen and oxygen atoms in total. The van der Waals surface area contributed by atoms with Crippen molar-refractivity contribution in [1.29, 1.82) is 0 Å². The van der Waals surface area contributed by atoms with E-state index in [9.17, 15) is 8.42 Å². The number of rotatable bonds is 6. The fourth-order valence-corrected chi connectivity index (χ4v) is 6.44. The van der Waals surface area contributed by atoms with Crippen LogP contribution in [0.4, 0.5) is 5.13 Å². The largest absolute Gasteiger partial charge is 0.266 e. The minimum atomic E-state index is -3.83. The van der Waals surface area contributed by atoms with Gasteiger partial charge in [0.25, 0.3) is 10.0 Å². The average Bonchev–Trinajstić information content (AvgIpc) is 3.45. The van der Waals surface area contributed by atoms with E-state index in [0.717, 1.165) is 20.9 Å². The molecular weight excluding hydrogens is 448 g/mol. The number of hydrogen-bond donors (Lipinski definition) is 0. The number of pyridine rings is 1. The first-order valence-corrected chi connectivity index (χ1v) is 12.5. The summed E-state index contributed by atoms with van der Waals surface area (Å²) in [5, 5.41) is 3.03. The van der Waals surface area contributed by atoms with Crippen LogP contribution >= 0.6 is 22.7 Å². The Bertz CT molecular complexity index is 1400. The number of hydrogen-bond acceptors (Lipinski definition) is 7. The minimum Gasteiger partial charge on any atom is -0.254 e. The highest BCUT2D eigenvalue weighted by Crippen LogP contribution is 2.34. The highest BCUT2D eigenvalue weighted by atomic mass is 32.2. The minimum absolute atomic E-state index is 0.0837. The molecule has 0 unspecified atom stereocenters. The van der Waals surface area contributed by atoms with Gasteiger partial charge in [0.05, 0.1) is 33.0 Å². The summed E-state index contributed by atoms with van der Waals surface area (Å²) < 4.78 is 29.4. The van der Waals surface area contributed by atoms with Crippen LogP contribution < -0.4 is 4.31 Å². The molecule has 0 bridgehead atoms. The van der Waals surface area contributed by atoms with E-state index in [-0.39, 0.29) is 11.4 Å². The Hall–Kier alpha value is -3.14. The molecule has 0 aliphatic rings. The number of benzene rings is 2. The van der Waals surface area contributed by atoms with E-state index in [2.05, 4.69) is 15.0 Å². The number of aromatic nitrogens is 3. The molecule has 5 rings (SSSR count). The van der Waals surface area contributed by atoms with E-state index in [0.29, 0.717) is 10.8 Å². The number of para-hydroxylation sites is 1. The van der Waals surface area contributed by atoms with E-state index in [1.165, 1.54) is 27.0 Å². The number of nitrogens with zero attached hydrogens (tertiary/aromatic N) is 4. The third-order valence-electron chi connectivity index (χ3n) is 4.57. The zero-order valence-corrected chi connectivity index (χ0v) is 18.6. The average molecular weight is 465 g/mol. The Morgan fingerprint density at radius 2 is 1.65 bits per heavy atom. The lowest BCUT2D eigenvalue weighted by atomic mass is 10.3. The van der Waals surface area contributed by atoms with E-state index < -0.39 is 10.0 Å². The third kappa shape index (κ3) is 3.95. The second-order valence-corrected chi connectivity index (χ2v) is 10.4. The van der Waals surface area contributed by atoms with Crippen molar-refractivity contribution in [2.75, 3.05) is 4.31 Å². The highest BCUT2D eigenvalue weighted by Gasteiger charge is 2.28. The normalized spacial score (nSPS) is 11.6. The predicted molar refractivity (Wildman–Crippen MR) is 125 cm³/mol. The number of thiazole rings is 2. The van der Waals surface area contributed by atoms with Crippen LogP contribution in [0.5, 0.6) is 0 Å². The summed E-state index contributed by atoms with van der Waals surface area (Å²) in [7, 11) is -3.83. The molecule has 0 aliphatic heterocycles. The van der Waals surface area contributed by atoms with Crippen LogP contribution in [0.2, 0.25) is 0 Å². The second kappa shape index (κ2) is 8.18. The molecule has 0 saturated heterocycles. The fraction of sp³-hybridized carbons (Fsp3) is 0.0455. The highest BCUT2D eigenvalue weighted by molar-refractivity contribution is 7.93. The molecular formula is C22H16N4O2S3. The summed E-state index contributed by atoms with van der Waals surface area (Å²) in [5.41, 5.74) is 2.17. The van der Waals surface area contributed by atoms with Crippen LogP contribution in [-0.2, 0) is 16.6 Å². The van der Waals surface area contributed by atoms with Crippen molar-refractivity contribution in [3.63, 3.8) is 0 Å². The van der Waals surface area contributed by atoms with E-state index in [4.69, 9.17) is 0 Å². The zero-order chi connectivity index (χ0) is 21.3. The van der Waals surface area contributed by atoms with Crippen LogP contribution in [0.15, 0.2) is 89.3 Å². The van der Waals surface area contributed by atoms with Crippen LogP contribution in [0.25, 0.3) is 20.9 Å². The first-order valence-electron chi connectivity index (χ1n) is 9.40. The van der Waals surface area contributed by atoms with E-state index >= 15 is 0 Å². The molecule has 2 aromatic carbocycles. The molecule has 0 atom stereocenters. The van der Waals surface area contributed by atoms with Crippen LogP contribution in [0.3, 0.4) is 0 Å². The smallest absolute Gasteiger partial charge is 0.254 e. The maximum absolute atomic E-state index is 13.5. The van der Waals surface area contributed by atoms with Crippen molar-refractivity contribution in [2.24, 2.45) is 0 Å². The van der Waals surface area contributed by atoms with E-state index in [1.807, 2.05) is 47.8 Å². The topological polar surface area (TPSA) is 76.1 Å². The van der Waals surface area contributed by atoms with Crippen LogP contribution in [0, 0.1) is 0 Å². The Morgan fingerprint density at radius 3 is 2.42 bits per heavy atom. The summed E-state index contributed by atoms with van der Waals surface area (Å²) in [6, 6.07) is 21.7. The van der Waals surface area contributed by atoms with Crippen LogP contribution in [0.1, 0.15) is 5.69 Å². The standard InChI is InChI=1S/C22H16N4O2S3/c27-31(28,17-8-2-1-3-9-17)26(22-25-18-10-4-5-12-20(18)30-22)14-16-15-29-21(24-16)19-11-6-7-13-23-19/h1-13,15H,14H2. The lowest BCUT2D eigenvalue weighted by Gasteiger charge is -2.20. The van der Waals surface area contributed by atoms with Gasteiger partial charge in [0.1, 0.15) is 5.01 Å². The lowest BCUT2D eigenvalue weighted by Crippen LogP contribution is -2.30. The Kier molecular flexibility index (Phi) is 5.23. The summed E-state index contributed by atoms with van der Waals surface area (Å²) >= 11 is 2.79. The van der Waals surface area contributed by atoms with Crippen molar-refractivity contribution >= 4 is 48.0 Å². The van der Waals surface area contributed by atoms with Crippen molar-refractivity contribution in [3.8, 4) is 10.7 Å². The first-order chi connectivity index (χ1) is 15.1. The molecule has 0 fully saturated rings. The Morgan fingerprint density at radius 1 is 0.871 bits per heavy atom. The van der Waals surface area contributed by atoms with Gasteiger partial charge in [0.15, 0.2) is 0 Å². The lowest BCUT2D eigenvalue weighted by molar-refractivity contribution is 0.590. The van der Waals surface area contributed by atoms with E-state index in [1.54, 1.807) is 36.5 Å². The molecule has 0 amide bonds. The zero-order valence-electron chi connectivity index (χ0n) is 16.1. The number of fused-ring (bicyclic) bond motifs is 1. The Balaban J connectivity index is 1.57.